The lowest BCUT2D eigenvalue weighted by atomic mass is 9.92. The number of benzene rings is 2. The van der Waals surface area contributed by atoms with Crippen LogP contribution in [0.2, 0.25) is 0 Å². The molecular formula is C22H27F4N3O2. The van der Waals surface area contributed by atoms with Crippen LogP contribution in [0.15, 0.2) is 30.3 Å². The minimum Gasteiger partial charge on any atom is -0.396 e. The maximum Gasteiger partial charge on any atom is 0.272 e. The van der Waals surface area contributed by atoms with Crippen LogP contribution >= 0.6 is 0 Å². The number of carbonyl (C=O) groups is 1. The molecule has 0 aliphatic rings. The molecule has 1 atom stereocenters. The van der Waals surface area contributed by atoms with Crippen molar-refractivity contribution in [3.63, 3.8) is 0 Å². The van der Waals surface area contributed by atoms with Gasteiger partial charge in [0.05, 0.1) is 5.54 Å². The molecule has 9 heteroatoms. The Balaban J connectivity index is 2.19. The molecule has 0 spiro atoms. The van der Waals surface area contributed by atoms with E-state index in [-0.39, 0.29) is 42.1 Å². The second kappa shape index (κ2) is 9.65. The van der Waals surface area contributed by atoms with E-state index in [0.29, 0.717) is 13.3 Å². The van der Waals surface area contributed by atoms with Crippen LogP contribution in [-0.4, -0.2) is 23.2 Å². The van der Waals surface area contributed by atoms with Gasteiger partial charge in [-0.3, -0.25) is 4.79 Å². The summed E-state index contributed by atoms with van der Waals surface area (Å²) in [6.45, 7) is 3.41. The Morgan fingerprint density at radius 1 is 1.16 bits per heavy atom. The summed E-state index contributed by atoms with van der Waals surface area (Å²) in [5.41, 5.74) is 4.65. The first-order valence-electron chi connectivity index (χ1n) is 9.83. The monoisotopic (exact) mass is 441 g/mol. The van der Waals surface area contributed by atoms with E-state index in [1.54, 1.807) is 6.92 Å². The molecule has 0 bridgehead atoms. The maximum absolute atomic E-state index is 14.5. The third-order valence-electron chi connectivity index (χ3n) is 5.18. The topological polar surface area (TPSA) is 87.4 Å². The number of nitrogens with one attached hydrogen (secondary N) is 2. The zero-order valence-electron chi connectivity index (χ0n) is 17.7. The Hall–Kier alpha value is -2.65. The molecule has 2 aromatic carbocycles. The summed E-state index contributed by atoms with van der Waals surface area (Å²) < 4.78 is 56.1. The van der Waals surface area contributed by atoms with Crippen LogP contribution in [0, 0.1) is 18.6 Å². The number of carbonyl (C=O) groups excluding carboxylic acids is 1. The van der Waals surface area contributed by atoms with E-state index in [9.17, 15) is 22.4 Å². The van der Waals surface area contributed by atoms with Gasteiger partial charge in [-0.15, -0.1) is 0 Å². The quantitative estimate of drug-likeness (QED) is 0.439. The van der Waals surface area contributed by atoms with Crippen LogP contribution in [0.4, 0.5) is 28.9 Å². The fourth-order valence-electron chi connectivity index (χ4n) is 3.07. The van der Waals surface area contributed by atoms with Crippen molar-refractivity contribution in [2.75, 3.05) is 11.9 Å². The molecule has 0 radical (unpaired) electrons. The molecule has 2 rings (SSSR count). The number of aliphatic hydroxyl groups is 1. The highest BCUT2D eigenvalue weighted by Gasteiger charge is 2.31. The molecule has 0 saturated heterocycles. The Kier molecular flexibility index (Phi) is 7.67. The van der Waals surface area contributed by atoms with E-state index in [0.717, 1.165) is 12.1 Å². The summed E-state index contributed by atoms with van der Waals surface area (Å²) in [7, 11) is 0. The lowest BCUT2D eigenvalue weighted by molar-refractivity contribution is -0.127. The normalized spacial score (nSPS) is 13.6. The lowest BCUT2D eigenvalue weighted by Gasteiger charge is -2.26. The number of anilines is 2. The van der Waals surface area contributed by atoms with Crippen LogP contribution in [0.1, 0.15) is 43.4 Å². The number of aryl methyl sites for hydroxylation is 1. The van der Waals surface area contributed by atoms with E-state index in [4.69, 9.17) is 10.8 Å². The fourth-order valence-corrected chi connectivity index (χ4v) is 3.07. The van der Waals surface area contributed by atoms with Crippen molar-refractivity contribution in [3.8, 4) is 0 Å². The number of halogens is 4. The Morgan fingerprint density at radius 3 is 2.39 bits per heavy atom. The van der Waals surface area contributed by atoms with Crippen LogP contribution < -0.4 is 16.4 Å². The fraction of sp³-hybridized carbons (Fsp3) is 0.409. The number of hydrogen-bond donors (Lipinski definition) is 4. The average molecular weight is 441 g/mol. The molecule has 0 aliphatic heterocycles. The summed E-state index contributed by atoms with van der Waals surface area (Å²) >= 11 is 0. The van der Waals surface area contributed by atoms with Crippen molar-refractivity contribution in [2.24, 2.45) is 5.73 Å². The second-order valence-corrected chi connectivity index (χ2v) is 7.63. The second-order valence-electron chi connectivity index (χ2n) is 7.63. The highest BCUT2D eigenvalue weighted by atomic mass is 19.3. The van der Waals surface area contributed by atoms with Gasteiger partial charge in [-0.05, 0) is 49.6 Å². The molecule has 5 nitrogen and oxygen atoms in total. The number of alkyl halides is 2. The zero-order valence-corrected chi connectivity index (χ0v) is 17.7. The van der Waals surface area contributed by atoms with Gasteiger partial charge in [-0.1, -0.05) is 13.0 Å². The van der Waals surface area contributed by atoms with Crippen LogP contribution in [0.25, 0.3) is 0 Å². The zero-order chi connectivity index (χ0) is 23.4. The SMILES string of the molecule is CC[C@@](N)(CCO)C(=O)NCc1ccc(Nc2cc(C)c(F)cc2C(C)(F)F)cc1F. The molecule has 1 amide bonds. The molecule has 5 N–H and O–H groups in total. The Labute approximate surface area is 178 Å². The van der Waals surface area contributed by atoms with E-state index in [2.05, 4.69) is 10.6 Å². The van der Waals surface area contributed by atoms with Crippen molar-refractivity contribution >= 4 is 17.3 Å². The van der Waals surface area contributed by atoms with Crippen molar-refractivity contribution in [1.29, 1.82) is 0 Å². The van der Waals surface area contributed by atoms with E-state index >= 15 is 0 Å². The molecule has 0 unspecified atom stereocenters. The summed E-state index contributed by atoms with van der Waals surface area (Å²) in [5.74, 6) is -5.25. The van der Waals surface area contributed by atoms with Gasteiger partial charge in [-0.2, -0.15) is 0 Å². The number of amides is 1. The minimum atomic E-state index is -3.30. The number of rotatable bonds is 9. The van der Waals surface area contributed by atoms with Crippen molar-refractivity contribution in [1.82, 2.24) is 5.32 Å². The van der Waals surface area contributed by atoms with Gasteiger partial charge >= 0.3 is 0 Å². The van der Waals surface area contributed by atoms with E-state index in [1.807, 2.05) is 0 Å². The van der Waals surface area contributed by atoms with E-state index in [1.165, 1.54) is 25.1 Å². The van der Waals surface area contributed by atoms with Gasteiger partial charge in [-0.25, -0.2) is 17.6 Å². The minimum absolute atomic E-state index is 0.0354. The first-order chi connectivity index (χ1) is 14.4. The predicted molar refractivity (Wildman–Crippen MR) is 111 cm³/mol. The molecule has 0 saturated carbocycles. The molecule has 0 fully saturated rings. The molecule has 0 heterocycles. The summed E-state index contributed by atoms with van der Waals surface area (Å²) in [4.78, 5) is 12.3. The van der Waals surface area contributed by atoms with Crippen molar-refractivity contribution < 1.29 is 27.5 Å². The highest BCUT2D eigenvalue weighted by Crippen LogP contribution is 2.36. The first kappa shape index (κ1) is 24.6. The van der Waals surface area contributed by atoms with Gasteiger partial charge in [0.15, 0.2) is 0 Å². The standard InChI is InChI=1S/C22H27F4N3O2/c1-4-22(27,7-8-30)20(31)28-12-14-5-6-15(10-18(14)24)29-19-9-13(2)17(23)11-16(19)21(3,25)26/h5-6,9-11,29-30H,4,7-8,12,27H2,1-3H3,(H,28,31)/t22-/m1/s1. The number of aliphatic hydroxyl groups excluding tert-OH is 1. The summed E-state index contributed by atoms with van der Waals surface area (Å²) in [5, 5.41) is 14.3. The van der Waals surface area contributed by atoms with Gasteiger partial charge in [0, 0.05) is 42.6 Å². The molecule has 170 valence electrons. The Morgan fingerprint density at radius 2 is 1.84 bits per heavy atom. The molecule has 31 heavy (non-hydrogen) atoms. The Bertz CT molecular complexity index is 947. The number of nitrogens with two attached hydrogens (primary N) is 1. The van der Waals surface area contributed by atoms with Crippen LogP contribution in [0.5, 0.6) is 0 Å². The summed E-state index contributed by atoms with van der Waals surface area (Å²) in [6.07, 6.45) is 0.369. The van der Waals surface area contributed by atoms with Gasteiger partial charge in [0.25, 0.3) is 5.92 Å². The van der Waals surface area contributed by atoms with Crippen molar-refractivity contribution in [2.45, 2.75) is 51.6 Å². The largest absolute Gasteiger partial charge is 0.396 e. The van der Waals surface area contributed by atoms with Crippen LogP contribution in [0.3, 0.4) is 0 Å². The molecule has 0 aliphatic carbocycles. The lowest BCUT2D eigenvalue weighted by Crippen LogP contribution is -2.53. The predicted octanol–water partition coefficient (Wildman–Crippen LogP) is 4.23. The third-order valence-corrected chi connectivity index (χ3v) is 5.18. The maximum atomic E-state index is 14.5. The number of hydrogen-bond acceptors (Lipinski definition) is 4. The molecule has 0 aromatic heterocycles. The van der Waals surface area contributed by atoms with Gasteiger partial charge < -0.3 is 21.5 Å². The summed E-state index contributed by atoms with van der Waals surface area (Å²) in [6, 6.07) is 5.96. The van der Waals surface area contributed by atoms with Gasteiger partial charge in [0.1, 0.15) is 11.6 Å². The third kappa shape index (κ3) is 5.95. The average Bonchev–Trinajstić information content (AvgIpc) is 2.68. The highest BCUT2D eigenvalue weighted by molar-refractivity contribution is 5.86. The molecular weight excluding hydrogens is 414 g/mol. The van der Waals surface area contributed by atoms with Crippen LogP contribution in [-0.2, 0) is 17.3 Å². The van der Waals surface area contributed by atoms with E-state index < -0.39 is 34.6 Å². The smallest absolute Gasteiger partial charge is 0.272 e. The first-order valence-corrected chi connectivity index (χ1v) is 9.83. The van der Waals surface area contributed by atoms with Crippen molar-refractivity contribution in [3.05, 3.63) is 58.7 Å². The van der Waals surface area contributed by atoms with Gasteiger partial charge in [0.2, 0.25) is 5.91 Å². The molecule has 2 aromatic rings.